The Morgan fingerprint density at radius 3 is 0.755 bits per heavy atom. The van der Waals surface area contributed by atoms with E-state index < -0.39 is 64.9 Å². The third-order valence-corrected chi connectivity index (χ3v) is 18.7. The number of nitrogens with one attached hydrogen (secondary N) is 5. The van der Waals surface area contributed by atoms with Gasteiger partial charge in [-0.2, -0.15) is 0 Å². The number of Topliss-reactive ketones (excluding diaryl/α,β-unsaturated/α-hetero) is 2. The fourth-order valence-electron chi connectivity index (χ4n) is 11.7. The summed E-state index contributed by atoms with van der Waals surface area (Å²) in [6, 6.07) is -2.14. The summed E-state index contributed by atoms with van der Waals surface area (Å²) in [4.78, 5) is 138. The Bertz CT molecular complexity index is 3400. The van der Waals surface area contributed by atoms with Crippen LogP contribution in [0.2, 0.25) is 0 Å². The predicted octanol–water partition coefficient (Wildman–Crippen LogP) is 6.28. The van der Waals surface area contributed by atoms with Gasteiger partial charge in [0.05, 0.1) is 316 Å². The van der Waals surface area contributed by atoms with Crippen molar-refractivity contribution in [2.75, 3.05) is 383 Å². The van der Waals surface area contributed by atoms with Crippen LogP contribution in [-0.2, 0) is 166 Å². The summed E-state index contributed by atoms with van der Waals surface area (Å²) in [7, 11) is 0. The van der Waals surface area contributed by atoms with Crippen molar-refractivity contribution in [3.05, 3.63) is 41.8 Å². The fraction of sp³-hybridized carbons (Fsp3) is 0.902. The van der Waals surface area contributed by atoms with Crippen LogP contribution >= 0.6 is 0 Å². The maximum absolute atomic E-state index is 15.0. The van der Waals surface area contributed by atoms with Gasteiger partial charge in [-0.05, 0) is 128 Å². The largest absolute Gasteiger partial charge is 0.444 e. The van der Waals surface area contributed by atoms with Gasteiger partial charge in [-0.25, -0.2) is 9.59 Å². The van der Waals surface area contributed by atoms with E-state index in [0.717, 1.165) is 0 Å². The normalized spacial score (nSPS) is 12.0. The second-order valence-electron chi connectivity index (χ2n) is 33.3. The summed E-state index contributed by atoms with van der Waals surface area (Å²) < 4.78 is 149. The van der Waals surface area contributed by atoms with Crippen molar-refractivity contribution >= 4 is 53.3 Å². The van der Waals surface area contributed by atoms with Gasteiger partial charge in [0.1, 0.15) is 31.0 Å². The molecule has 0 aliphatic heterocycles. The first-order chi connectivity index (χ1) is 71.6. The van der Waals surface area contributed by atoms with Gasteiger partial charge in [0.15, 0.2) is 11.6 Å². The zero-order valence-corrected chi connectivity index (χ0v) is 87.6. The van der Waals surface area contributed by atoms with Gasteiger partial charge in [0.25, 0.3) is 0 Å². The second kappa shape index (κ2) is 106. The lowest BCUT2D eigenvalue weighted by molar-refractivity contribution is -0.148. The Kier molecular flexibility index (Phi) is 100. The van der Waals surface area contributed by atoms with E-state index in [-0.39, 0.29) is 287 Å². The highest BCUT2D eigenvalue weighted by Gasteiger charge is 2.34. The number of amides is 7. The van der Waals surface area contributed by atoms with Crippen molar-refractivity contribution in [1.29, 1.82) is 0 Å². The smallest absolute Gasteiger partial charge is 0.442 e. The molecule has 850 valence electrons. The first-order valence-corrected chi connectivity index (χ1v) is 50.4. The number of azide groups is 4. The van der Waals surface area contributed by atoms with Gasteiger partial charge in [0.2, 0.25) is 29.5 Å². The van der Waals surface area contributed by atoms with Crippen LogP contribution in [0, 0.1) is 5.92 Å². The average Bonchev–Trinajstić information content (AvgIpc) is 0.866. The van der Waals surface area contributed by atoms with Crippen LogP contribution < -0.4 is 26.6 Å². The van der Waals surface area contributed by atoms with Gasteiger partial charge in [-0.1, -0.05) is 31.9 Å². The topological polar surface area (TPSA) is 671 Å². The number of nitrogens with zero attached hydrogens (tertiary/aromatic N) is 13. The molecule has 5 N–H and O–H groups in total. The molecule has 0 rings (SSSR count). The van der Waals surface area contributed by atoms with Crippen molar-refractivity contribution in [2.45, 2.75) is 155 Å². The number of hydrogen-bond donors (Lipinski definition) is 5. The number of carbonyl (C=O) groups is 9. The predicted molar refractivity (Wildman–Crippen MR) is 528 cm³/mol. The molecule has 0 fully saturated rings. The van der Waals surface area contributed by atoms with E-state index >= 15 is 4.79 Å². The summed E-state index contributed by atoms with van der Waals surface area (Å²) in [6.07, 6.45) is 0.671. The first-order valence-electron chi connectivity index (χ1n) is 50.4. The molecule has 0 radical (unpaired) electrons. The molecule has 0 aliphatic rings. The second-order valence-corrected chi connectivity index (χ2v) is 33.3. The highest BCUT2D eigenvalue weighted by atomic mass is 16.8. The number of ketones is 2. The van der Waals surface area contributed by atoms with Crippen LogP contribution in [0.3, 0.4) is 0 Å². The molecular weight excluding hydrogens is 1950 g/mol. The van der Waals surface area contributed by atoms with E-state index in [2.05, 4.69) is 66.7 Å². The number of carbonyl (C=O) groups excluding carboxylic acids is 9. The van der Waals surface area contributed by atoms with Crippen LogP contribution in [0.25, 0.3) is 41.8 Å². The molecule has 147 heavy (non-hydrogen) atoms. The average molecular weight is 2120 g/mol. The van der Waals surface area contributed by atoms with Crippen molar-refractivity contribution in [2.24, 2.45) is 26.4 Å². The van der Waals surface area contributed by atoms with E-state index in [0.29, 0.717) is 209 Å². The Morgan fingerprint density at radius 2 is 0.490 bits per heavy atom. The standard InChI is InChI=1S/C92H170N18O37/c1-91(2,3)146-89(118)110(90(119)147-92(4,5)6)145-74-73-141-66-65-137-58-57-133-51-45-126-39-33-120-27-13-18-82(111)80(16-8-11-21-98-86(115)77-143-71-68-139-63-60-135-55-49-130-43-37-124-31-25-102-108-95)105-88(117)79(15-7-10-20-97-85(114)76-142-70-67-138-62-59-134-54-48-129-42-36-123-30-24-101-107-94)75-83(112)81(104-84(113)19-14-28-121-34-40-127-46-52-132-53-47-128-41-35-122-29-23-100-106-93)17-9-12-22-99-87(116)78-144-72-69-140-64-61-136-56-50-131-44-38-125-32-26-103-109-96/h79-81H,7-78H2,1-6H3,(H,97,114)(H,98,115)(H,99,116)(H,104,113)(H,105,117)/t79-,80+,81+/m1/s1. The third kappa shape index (κ3) is 102. The van der Waals surface area contributed by atoms with E-state index in [1.807, 2.05) is 0 Å². The van der Waals surface area contributed by atoms with Crippen molar-refractivity contribution in [3.8, 4) is 0 Å². The van der Waals surface area contributed by atoms with Crippen LogP contribution in [-0.4, -0.2) is 464 Å². The van der Waals surface area contributed by atoms with Gasteiger partial charge >= 0.3 is 12.2 Å². The lowest BCUT2D eigenvalue weighted by atomic mass is 9.90. The van der Waals surface area contributed by atoms with E-state index in [1.54, 1.807) is 41.5 Å². The molecule has 0 aromatic heterocycles. The number of unbranched alkanes of at least 4 members (excludes halogenated alkanes) is 3. The number of ether oxygens (including phenoxy) is 27. The summed E-state index contributed by atoms with van der Waals surface area (Å²) in [5.74, 6) is -4.03. The molecule has 55 heteroatoms. The summed E-state index contributed by atoms with van der Waals surface area (Å²) in [5.41, 5.74) is 31.6. The van der Waals surface area contributed by atoms with Gasteiger partial charge in [-0.3, -0.25) is 38.4 Å². The molecule has 0 aromatic carbocycles. The zero-order valence-electron chi connectivity index (χ0n) is 87.6. The van der Waals surface area contributed by atoms with Crippen LogP contribution in [0.15, 0.2) is 20.5 Å². The minimum Gasteiger partial charge on any atom is -0.442 e. The summed E-state index contributed by atoms with van der Waals surface area (Å²) in [5, 5.41) is 28.4. The maximum atomic E-state index is 15.0. The van der Waals surface area contributed by atoms with Crippen LogP contribution in [0.5, 0.6) is 0 Å². The summed E-state index contributed by atoms with van der Waals surface area (Å²) in [6.45, 7) is 23.5. The zero-order chi connectivity index (χ0) is 107. The van der Waals surface area contributed by atoms with E-state index in [9.17, 15) is 38.4 Å². The van der Waals surface area contributed by atoms with E-state index in [4.69, 9.17) is 155 Å². The van der Waals surface area contributed by atoms with Gasteiger partial charge < -0.3 is 154 Å². The molecule has 0 spiro atoms. The van der Waals surface area contributed by atoms with Gasteiger partial charge in [0, 0.05) is 104 Å². The molecule has 0 heterocycles. The monoisotopic (exact) mass is 2120 g/mol. The molecule has 0 saturated carbocycles. The Morgan fingerprint density at radius 1 is 0.259 bits per heavy atom. The Balaban J connectivity index is 6.41. The first kappa shape index (κ1) is 139. The molecule has 0 aromatic rings. The highest BCUT2D eigenvalue weighted by molar-refractivity contribution is 5.94. The summed E-state index contributed by atoms with van der Waals surface area (Å²) >= 11 is 0. The number of rotatable bonds is 112. The van der Waals surface area contributed by atoms with E-state index in [1.165, 1.54) is 0 Å². The third-order valence-electron chi connectivity index (χ3n) is 18.7. The quantitative estimate of drug-likeness (QED) is 0.0147. The number of hydroxylamine groups is 2. The Hall–Kier alpha value is -8.37. The highest BCUT2D eigenvalue weighted by Crippen LogP contribution is 2.20. The van der Waals surface area contributed by atoms with Crippen LogP contribution in [0.1, 0.15) is 131 Å². The molecule has 0 aliphatic carbocycles. The molecule has 55 nitrogen and oxygen atoms in total. The minimum atomic E-state index is -1.09. The van der Waals surface area contributed by atoms with Crippen molar-refractivity contribution in [3.63, 3.8) is 0 Å². The molecule has 0 bridgehead atoms. The molecule has 0 saturated heterocycles. The van der Waals surface area contributed by atoms with Crippen molar-refractivity contribution < 1.29 is 176 Å². The molecular formula is C92H170N18O37. The molecule has 7 amide bonds. The SMILES string of the molecule is CC(C)(C)OC(=O)N(OCCOCCOCCOCCOCCOCCCC(=O)[C@H](CCCCNC(=O)COCCOCCOCCOCCOCCN=[N+]=[N-])NC(=O)[C@H](CCCCNC(=O)COCCOCCOCCOCCOCCN=[N+]=[N-])CC(=O)[C@H](CCCCNC(=O)COCCOCCOCCOCCOCCN=[N+]=[N-])NC(=O)CCCOCCOCCOCCOCCOCCN=[N+]=[N-])C(=O)OC(C)(C)C. The number of imide groups is 1. The fourth-order valence-corrected chi connectivity index (χ4v) is 11.7. The number of hydrogen-bond acceptors (Lipinski definition) is 41. The molecule has 3 atom stereocenters. The van der Waals surface area contributed by atoms with Crippen LogP contribution in [0.4, 0.5) is 9.59 Å². The maximum Gasteiger partial charge on any atom is 0.444 e. The minimum absolute atomic E-state index is 0.0105. The van der Waals surface area contributed by atoms with Crippen molar-refractivity contribution in [1.82, 2.24) is 31.6 Å². The molecule has 0 unspecified atom stereocenters. The lowest BCUT2D eigenvalue weighted by Gasteiger charge is -2.27. The lowest BCUT2D eigenvalue weighted by Crippen LogP contribution is -2.46. The van der Waals surface area contributed by atoms with Gasteiger partial charge in [-0.15, -0.1) is 0 Å². The Labute approximate surface area is 863 Å².